The monoisotopic (exact) mass is 827 g/mol. The molecule has 0 bridgehead atoms. The number of benzene rings is 3. The second kappa shape index (κ2) is 22.0. The summed E-state index contributed by atoms with van der Waals surface area (Å²) in [5, 5.41) is 95.6. The number of phenols is 3. The Morgan fingerprint density at radius 3 is 1.25 bits per heavy atom. The number of nitrogens with zero attached hydrogens (tertiary/aromatic N) is 4. The summed E-state index contributed by atoms with van der Waals surface area (Å²) in [6.45, 7) is 7.25. The van der Waals surface area contributed by atoms with Gasteiger partial charge in [0.05, 0.1) is 29.1 Å². The molecule has 0 spiro atoms. The van der Waals surface area contributed by atoms with E-state index in [-0.39, 0.29) is 58.5 Å². The molecule has 59 heavy (non-hydrogen) atoms. The molecule has 0 saturated carbocycles. The molecule has 1 heterocycles. The van der Waals surface area contributed by atoms with E-state index in [0.29, 0.717) is 91.9 Å². The second-order valence-electron chi connectivity index (χ2n) is 15.2. The van der Waals surface area contributed by atoms with Crippen LogP contribution in [0.5, 0.6) is 17.2 Å². The third-order valence-electron chi connectivity index (χ3n) is 10.1. The summed E-state index contributed by atoms with van der Waals surface area (Å²) in [7, 11) is 0. The number of nitrogens with one attached hydrogen (secondary N) is 2. The van der Waals surface area contributed by atoms with Crippen molar-refractivity contribution in [3.05, 3.63) is 85.8 Å². The minimum absolute atomic E-state index is 0.0448. The molecule has 0 aliphatic carbocycles. The third-order valence-corrected chi connectivity index (χ3v) is 10.1. The summed E-state index contributed by atoms with van der Waals surface area (Å²) in [5.41, 5.74) is 3.24. The molecule has 1 saturated heterocycles. The van der Waals surface area contributed by atoms with Gasteiger partial charge in [-0.15, -0.1) is 0 Å². The van der Waals surface area contributed by atoms with Crippen LogP contribution in [0.3, 0.4) is 0 Å². The maximum atomic E-state index is 12.9. The van der Waals surface area contributed by atoms with Gasteiger partial charge in [-0.1, -0.05) is 18.2 Å². The number of carbonyl (C=O) groups excluding carboxylic acids is 2. The van der Waals surface area contributed by atoms with Crippen LogP contribution in [-0.2, 0) is 19.6 Å². The highest BCUT2D eigenvalue weighted by atomic mass is 16.4. The van der Waals surface area contributed by atoms with E-state index >= 15 is 0 Å². The average Bonchev–Trinajstić information content (AvgIpc) is 3.19. The Hall–Kier alpha value is -4.76. The molecule has 1 aliphatic heterocycles. The van der Waals surface area contributed by atoms with Crippen molar-refractivity contribution in [1.82, 2.24) is 25.3 Å². The summed E-state index contributed by atoms with van der Waals surface area (Å²) in [5.74, 6) is -2.30. The van der Waals surface area contributed by atoms with E-state index < -0.39 is 50.3 Å². The smallest absolute Gasteiger partial charge is 0.332 e. The van der Waals surface area contributed by atoms with Gasteiger partial charge >= 0.3 is 11.9 Å². The van der Waals surface area contributed by atoms with E-state index in [0.717, 1.165) is 0 Å². The third kappa shape index (κ3) is 13.1. The Balaban J connectivity index is 1.64. The number of amides is 2. The van der Waals surface area contributed by atoms with Crippen molar-refractivity contribution < 1.29 is 60.3 Å². The molecule has 0 radical (unpaired) electrons. The van der Waals surface area contributed by atoms with Crippen molar-refractivity contribution >= 4 is 17.5 Å². The summed E-state index contributed by atoms with van der Waals surface area (Å²) < 4.78 is 0.174. The zero-order chi connectivity index (χ0) is 43.4. The van der Waals surface area contributed by atoms with Crippen molar-refractivity contribution in [1.29, 1.82) is 0 Å². The first-order valence-electron chi connectivity index (χ1n) is 19.6. The lowest BCUT2D eigenvalue weighted by Crippen LogP contribution is -2.37. The van der Waals surface area contributed by atoms with Gasteiger partial charge in [0.25, 0.3) is 11.8 Å². The molecular formula is C41H59N6O12+. The predicted octanol–water partition coefficient (Wildman–Crippen LogP) is 0.521. The minimum atomic E-state index is -1.76. The van der Waals surface area contributed by atoms with Crippen LogP contribution in [0.25, 0.3) is 0 Å². The van der Waals surface area contributed by atoms with E-state index in [4.69, 9.17) is 0 Å². The van der Waals surface area contributed by atoms with E-state index in [2.05, 4.69) is 25.3 Å². The van der Waals surface area contributed by atoms with Gasteiger partial charge in [-0.05, 0) is 108 Å². The van der Waals surface area contributed by atoms with Crippen molar-refractivity contribution in [3.8, 4) is 17.2 Å². The molecule has 3 aromatic rings. The van der Waals surface area contributed by atoms with Crippen LogP contribution >= 0.6 is 0 Å². The summed E-state index contributed by atoms with van der Waals surface area (Å²) in [6, 6.07) is 9.75. The van der Waals surface area contributed by atoms with Gasteiger partial charge in [0.1, 0.15) is 30.6 Å². The Labute approximate surface area is 343 Å². The van der Waals surface area contributed by atoms with Crippen LogP contribution < -0.4 is 10.6 Å². The lowest BCUT2D eigenvalue weighted by molar-refractivity contribution is -0.559. The second-order valence-corrected chi connectivity index (χ2v) is 15.2. The quantitative estimate of drug-likeness (QED) is 0.0737. The number of phenolic OH excluding ortho intramolecular Hbond substituents is 3. The number of carbonyl (C=O) groups is 2. The fraction of sp³-hybridized carbons (Fsp3) is 0.512. The Kier molecular flexibility index (Phi) is 17.5. The lowest BCUT2D eigenvalue weighted by atomic mass is 10.0. The van der Waals surface area contributed by atoms with Gasteiger partial charge in [-0.25, -0.2) is 0 Å². The number of aromatic hydroxyl groups is 3. The van der Waals surface area contributed by atoms with Crippen LogP contribution in [-0.4, -0.2) is 155 Å². The van der Waals surface area contributed by atoms with E-state index in [1.165, 1.54) is 18.2 Å². The first-order valence-corrected chi connectivity index (χ1v) is 19.6. The molecule has 3 unspecified atom stereocenters. The number of hydrogen-bond donors (Lipinski definition) is 11. The Bertz CT molecular complexity index is 1830. The van der Waals surface area contributed by atoms with Crippen molar-refractivity contribution in [2.75, 3.05) is 59.1 Å². The number of hydrogen-bond acceptors (Lipinski definition) is 15. The number of aryl methyl sites for hydroxylation is 3. The number of aliphatic hydroxyl groups is 6. The molecule has 4 rings (SSSR count). The fourth-order valence-corrected chi connectivity index (χ4v) is 7.29. The normalized spacial score (nSPS) is 16.7. The maximum absolute atomic E-state index is 12.9. The molecule has 0 aromatic heterocycles. The van der Waals surface area contributed by atoms with Crippen LogP contribution in [0.4, 0.5) is 5.69 Å². The van der Waals surface area contributed by atoms with Gasteiger partial charge in [-0.2, -0.15) is 0 Å². The van der Waals surface area contributed by atoms with Crippen molar-refractivity contribution in [3.63, 3.8) is 0 Å². The zero-order valence-electron chi connectivity index (χ0n) is 33.8. The summed E-state index contributed by atoms with van der Waals surface area (Å²) in [6.07, 6.45) is -2.77. The Morgan fingerprint density at radius 1 is 0.576 bits per heavy atom. The highest BCUT2D eigenvalue weighted by Gasteiger charge is 2.30. The molecule has 2 amide bonds. The van der Waals surface area contributed by atoms with E-state index in [9.17, 15) is 60.5 Å². The van der Waals surface area contributed by atoms with E-state index in [1.54, 1.807) is 39.0 Å². The first kappa shape index (κ1) is 46.9. The molecule has 324 valence electrons. The molecule has 1 fully saturated rings. The van der Waals surface area contributed by atoms with Gasteiger partial charge in [-0.3, -0.25) is 24.3 Å². The Morgan fingerprint density at radius 2 is 0.915 bits per heavy atom. The van der Waals surface area contributed by atoms with Crippen molar-refractivity contribution in [2.24, 2.45) is 0 Å². The van der Waals surface area contributed by atoms with Gasteiger partial charge in [0.2, 0.25) is 0 Å². The predicted molar refractivity (Wildman–Crippen MR) is 216 cm³/mol. The summed E-state index contributed by atoms with van der Waals surface area (Å²) >= 11 is 0. The minimum Gasteiger partial charge on any atom is -0.507 e. The van der Waals surface area contributed by atoms with Gasteiger partial charge < -0.3 is 56.6 Å². The zero-order valence-corrected chi connectivity index (χ0v) is 33.8. The molecule has 11 N–H and O–H groups in total. The maximum Gasteiger partial charge on any atom is 0.332 e. The molecule has 1 aliphatic rings. The SMILES string of the molecule is Cc1cc(CN2CCCN(Cc3cc(C)cc(C(=O)NC(O)CO)c3O)CCCN(Cc3cc(C)cc([N+](=O)C(O)CO)c3O)CCC2)c(O)c(C(=O)NC(O)CO)c1. The highest BCUT2D eigenvalue weighted by Crippen LogP contribution is 2.34. The standard InChI is InChI=1S/C41H58N6O12/c1-25-13-28(37(54)31(16-25)40(57)42-34(51)22-48)19-44-7-4-8-45(20-29-14-26(2)17-32(38(29)55)41(58)43-35(52)23-49)10-6-12-46(11-5-9-44)21-30-15-27(3)18-33(39(30)56)47(59)36(53)24-50/h13-18,34-36,48-53H,4-12,19-24H2,1-3H3,(H4-,42,43,54,55,56,57,58,59)/p+1. The summed E-state index contributed by atoms with van der Waals surface area (Å²) in [4.78, 5) is 44.9. The molecular weight excluding hydrogens is 768 g/mol. The molecule has 3 atom stereocenters. The van der Waals surface area contributed by atoms with Crippen molar-refractivity contribution in [2.45, 2.75) is 78.4 Å². The van der Waals surface area contributed by atoms with Gasteiger partial charge in [0, 0.05) is 47.3 Å². The van der Waals surface area contributed by atoms with Crippen LogP contribution in [0.1, 0.15) is 73.4 Å². The van der Waals surface area contributed by atoms with Crippen LogP contribution in [0.2, 0.25) is 0 Å². The average molecular weight is 828 g/mol. The molecule has 18 nitrogen and oxygen atoms in total. The highest BCUT2D eigenvalue weighted by molar-refractivity contribution is 5.98. The number of nitroso groups, excluding NO2 is 1. The first-order chi connectivity index (χ1) is 28.0. The number of rotatable bonds is 15. The topological polar surface area (TPSA) is 270 Å². The van der Waals surface area contributed by atoms with E-state index in [1.807, 2.05) is 0 Å². The molecule has 18 heteroatoms. The van der Waals surface area contributed by atoms with Gasteiger partial charge in [0.15, 0.2) is 5.75 Å². The largest absolute Gasteiger partial charge is 0.507 e. The van der Waals surface area contributed by atoms with Crippen LogP contribution in [0, 0.1) is 25.7 Å². The van der Waals surface area contributed by atoms with Crippen LogP contribution in [0.15, 0.2) is 36.4 Å². The lowest BCUT2D eigenvalue weighted by Gasteiger charge is -2.31. The molecule has 3 aromatic carbocycles. The fourth-order valence-electron chi connectivity index (χ4n) is 7.29. The number of aliphatic hydroxyl groups excluding tert-OH is 6.